The number of benzene rings is 1. The number of hydrogen-bond acceptors (Lipinski definition) is 2. The van der Waals surface area contributed by atoms with Crippen LogP contribution in [0.2, 0.25) is 0 Å². The summed E-state index contributed by atoms with van der Waals surface area (Å²) < 4.78 is 7.29. The standard InChI is InChI=1S/C12H12Br2O3/c1-7(2)17-12-8(3-4-11(15)16)5-9(13)6-10(12)14/h3-7H,1-2H3,(H,15,16)/b4-3+. The van der Waals surface area contributed by atoms with E-state index < -0.39 is 5.97 Å². The van der Waals surface area contributed by atoms with Crippen molar-refractivity contribution >= 4 is 43.9 Å². The average Bonchev–Trinajstić information content (AvgIpc) is 2.18. The van der Waals surface area contributed by atoms with Gasteiger partial charge in [0.15, 0.2) is 0 Å². The molecule has 0 heterocycles. The minimum absolute atomic E-state index is 0.0180. The quantitative estimate of drug-likeness (QED) is 0.819. The molecule has 0 aliphatic heterocycles. The molecule has 92 valence electrons. The van der Waals surface area contributed by atoms with Crippen molar-refractivity contribution in [2.45, 2.75) is 20.0 Å². The first-order chi connectivity index (χ1) is 7.90. The van der Waals surface area contributed by atoms with Crippen LogP contribution in [0.4, 0.5) is 0 Å². The van der Waals surface area contributed by atoms with Crippen molar-refractivity contribution in [3.05, 3.63) is 32.7 Å². The van der Waals surface area contributed by atoms with Crippen molar-refractivity contribution in [3.63, 3.8) is 0 Å². The van der Waals surface area contributed by atoms with Gasteiger partial charge in [-0.3, -0.25) is 0 Å². The maximum atomic E-state index is 10.5. The lowest BCUT2D eigenvalue weighted by molar-refractivity contribution is -0.131. The summed E-state index contributed by atoms with van der Waals surface area (Å²) in [4.78, 5) is 10.5. The van der Waals surface area contributed by atoms with Gasteiger partial charge in [-0.15, -0.1) is 0 Å². The summed E-state index contributed by atoms with van der Waals surface area (Å²) in [6.07, 6.45) is 2.61. The molecule has 1 N–H and O–H groups in total. The minimum atomic E-state index is -0.989. The van der Waals surface area contributed by atoms with E-state index in [0.29, 0.717) is 11.3 Å². The molecule has 0 saturated carbocycles. The highest BCUT2D eigenvalue weighted by Crippen LogP contribution is 2.34. The number of rotatable bonds is 4. The molecule has 0 aliphatic carbocycles. The Balaban J connectivity index is 3.20. The van der Waals surface area contributed by atoms with Crippen LogP contribution in [0.25, 0.3) is 6.08 Å². The van der Waals surface area contributed by atoms with E-state index in [1.807, 2.05) is 26.0 Å². The number of carboxylic acids is 1. The van der Waals surface area contributed by atoms with E-state index in [1.165, 1.54) is 6.08 Å². The number of carboxylic acid groups (broad SMARTS) is 1. The van der Waals surface area contributed by atoms with Crippen LogP contribution in [0.3, 0.4) is 0 Å². The van der Waals surface area contributed by atoms with E-state index in [0.717, 1.165) is 15.0 Å². The van der Waals surface area contributed by atoms with E-state index in [2.05, 4.69) is 31.9 Å². The SMILES string of the molecule is CC(C)Oc1c(Br)cc(Br)cc1/C=C/C(=O)O. The van der Waals surface area contributed by atoms with Crippen molar-refractivity contribution in [1.29, 1.82) is 0 Å². The van der Waals surface area contributed by atoms with Crippen LogP contribution < -0.4 is 4.74 Å². The first-order valence-electron chi connectivity index (χ1n) is 4.97. The number of ether oxygens (including phenoxy) is 1. The molecule has 3 nitrogen and oxygen atoms in total. The molecule has 0 saturated heterocycles. The molecular formula is C12H12Br2O3. The molecule has 0 radical (unpaired) electrons. The number of carbonyl (C=O) groups is 1. The predicted octanol–water partition coefficient (Wildman–Crippen LogP) is 4.10. The third-order valence-corrected chi connectivity index (χ3v) is 2.84. The smallest absolute Gasteiger partial charge is 0.328 e. The van der Waals surface area contributed by atoms with Gasteiger partial charge in [0, 0.05) is 16.1 Å². The third-order valence-electron chi connectivity index (χ3n) is 1.80. The summed E-state index contributed by atoms with van der Waals surface area (Å²) in [6, 6.07) is 3.66. The molecule has 1 aromatic carbocycles. The normalized spacial score (nSPS) is 11.1. The molecule has 0 atom stereocenters. The van der Waals surface area contributed by atoms with E-state index in [-0.39, 0.29) is 6.10 Å². The van der Waals surface area contributed by atoms with E-state index >= 15 is 0 Å². The van der Waals surface area contributed by atoms with Crippen LogP contribution in [0.1, 0.15) is 19.4 Å². The second kappa shape index (κ2) is 6.21. The van der Waals surface area contributed by atoms with Gasteiger partial charge in [0.25, 0.3) is 0 Å². The lowest BCUT2D eigenvalue weighted by Gasteiger charge is -2.14. The third kappa shape index (κ3) is 4.52. The molecular weight excluding hydrogens is 352 g/mol. The van der Waals surface area contributed by atoms with Crippen LogP contribution >= 0.6 is 31.9 Å². The van der Waals surface area contributed by atoms with Gasteiger partial charge in [-0.1, -0.05) is 15.9 Å². The van der Waals surface area contributed by atoms with Crippen molar-refractivity contribution < 1.29 is 14.6 Å². The Bertz CT molecular complexity index is 453. The van der Waals surface area contributed by atoms with Gasteiger partial charge >= 0.3 is 5.97 Å². The van der Waals surface area contributed by atoms with Crippen LogP contribution in [-0.2, 0) is 4.79 Å². The highest BCUT2D eigenvalue weighted by Gasteiger charge is 2.10. The predicted molar refractivity (Wildman–Crippen MR) is 74.3 cm³/mol. The zero-order valence-electron chi connectivity index (χ0n) is 9.41. The highest BCUT2D eigenvalue weighted by atomic mass is 79.9. The number of aliphatic carboxylic acids is 1. The first kappa shape index (κ1) is 14.3. The minimum Gasteiger partial charge on any atom is -0.489 e. The fraction of sp³-hybridized carbons (Fsp3) is 0.250. The summed E-state index contributed by atoms with van der Waals surface area (Å²) in [5.74, 6) is -0.350. The molecule has 1 rings (SSSR count). The summed E-state index contributed by atoms with van der Waals surface area (Å²) in [5, 5.41) is 8.64. The maximum absolute atomic E-state index is 10.5. The summed E-state index contributed by atoms with van der Waals surface area (Å²) in [6.45, 7) is 3.83. The van der Waals surface area contributed by atoms with Crippen LogP contribution in [0.15, 0.2) is 27.2 Å². The molecule has 0 amide bonds. The molecule has 0 aliphatic rings. The Morgan fingerprint density at radius 2 is 2.06 bits per heavy atom. The van der Waals surface area contributed by atoms with Gasteiger partial charge in [-0.05, 0) is 48.0 Å². The van der Waals surface area contributed by atoms with Crippen molar-refractivity contribution in [1.82, 2.24) is 0 Å². The van der Waals surface area contributed by atoms with Crippen molar-refractivity contribution in [2.75, 3.05) is 0 Å². The van der Waals surface area contributed by atoms with Gasteiger partial charge in [0.05, 0.1) is 10.6 Å². The zero-order chi connectivity index (χ0) is 13.0. The Kier molecular flexibility index (Phi) is 5.21. The van der Waals surface area contributed by atoms with Crippen molar-refractivity contribution in [3.8, 4) is 5.75 Å². The van der Waals surface area contributed by atoms with Crippen LogP contribution in [0.5, 0.6) is 5.75 Å². The van der Waals surface area contributed by atoms with Gasteiger partial charge < -0.3 is 9.84 Å². The Hall–Kier alpha value is -0.810. The van der Waals surface area contributed by atoms with Gasteiger partial charge in [-0.2, -0.15) is 0 Å². The Morgan fingerprint density at radius 1 is 1.41 bits per heavy atom. The lowest BCUT2D eigenvalue weighted by Crippen LogP contribution is -2.07. The van der Waals surface area contributed by atoms with Crippen LogP contribution in [-0.4, -0.2) is 17.2 Å². The number of halogens is 2. The molecule has 5 heteroatoms. The van der Waals surface area contributed by atoms with E-state index in [1.54, 1.807) is 0 Å². The average molecular weight is 364 g/mol. The fourth-order valence-electron chi connectivity index (χ4n) is 1.23. The molecule has 0 bridgehead atoms. The molecule has 0 aromatic heterocycles. The van der Waals surface area contributed by atoms with E-state index in [9.17, 15) is 4.79 Å². The Morgan fingerprint density at radius 3 is 2.59 bits per heavy atom. The van der Waals surface area contributed by atoms with Crippen LogP contribution in [0, 0.1) is 0 Å². The second-order valence-electron chi connectivity index (χ2n) is 3.64. The largest absolute Gasteiger partial charge is 0.489 e. The van der Waals surface area contributed by atoms with Gasteiger partial charge in [0.1, 0.15) is 5.75 Å². The second-order valence-corrected chi connectivity index (χ2v) is 5.41. The molecule has 17 heavy (non-hydrogen) atoms. The number of hydrogen-bond donors (Lipinski definition) is 1. The summed E-state index contributed by atoms with van der Waals surface area (Å²) in [5.41, 5.74) is 0.711. The molecule has 1 aromatic rings. The Labute approximate surface area is 117 Å². The monoisotopic (exact) mass is 362 g/mol. The van der Waals surface area contributed by atoms with Gasteiger partial charge in [0.2, 0.25) is 0 Å². The lowest BCUT2D eigenvalue weighted by atomic mass is 10.2. The first-order valence-corrected chi connectivity index (χ1v) is 6.55. The molecule has 0 unspecified atom stereocenters. The summed E-state index contributed by atoms with van der Waals surface area (Å²) in [7, 11) is 0. The molecule has 0 spiro atoms. The topological polar surface area (TPSA) is 46.5 Å². The zero-order valence-corrected chi connectivity index (χ0v) is 12.6. The van der Waals surface area contributed by atoms with Crippen molar-refractivity contribution in [2.24, 2.45) is 0 Å². The maximum Gasteiger partial charge on any atom is 0.328 e. The highest BCUT2D eigenvalue weighted by molar-refractivity contribution is 9.11. The fourth-order valence-corrected chi connectivity index (χ4v) is 2.58. The van der Waals surface area contributed by atoms with E-state index in [4.69, 9.17) is 9.84 Å². The molecule has 0 fully saturated rings. The van der Waals surface area contributed by atoms with Gasteiger partial charge in [-0.25, -0.2) is 4.79 Å². The summed E-state index contributed by atoms with van der Waals surface area (Å²) >= 11 is 6.75.